The van der Waals surface area contributed by atoms with Gasteiger partial charge in [0.15, 0.2) is 5.65 Å². The van der Waals surface area contributed by atoms with Crippen molar-refractivity contribution < 1.29 is 4.79 Å². The number of carbonyl (C=O) groups excluding carboxylic acids is 1. The Labute approximate surface area is 104 Å². The number of nitrogens with zero attached hydrogens (tertiary/aromatic N) is 2. The quantitative estimate of drug-likeness (QED) is 0.889. The summed E-state index contributed by atoms with van der Waals surface area (Å²) in [5, 5.41) is 0.842. The van der Waals surface area contributed by atoms with Crippen molar-refractivity contribution in [2.45, 2.75) is 26.7 Å². The molecule has 2 rings (SSSR count). The molecule has 0 fully saturated rings. The topological polar surface area (TPSA) is 64.0 Å². The van der Waals surface area contributed by atoms with Crippen LogP contribution in [-0.4, -0.2) is 15.6 Å². The van der Waals surface area contributed by atoms with Crippen molar-refractivity contribution in [3.05, 3.63) is 40.3 Å². The number of carbonyl (C=O) groups is 1. The number of nitrogens with one attached hydrogen (secondary N) is 1. The Morgan fingerprint density at radius 1 is 1.50 bits per heavy atom. The van der Waals surface area contributed by atoms with Gasteiger partial charge in [-0.2, -0.15) is 4.68 Å². The van der Waals surface area contributed by atoms with E-state index in [1.807, 2.05) is 19.1 Å². The first-order valence-corrected chi connectivity index (χ1v) is 5.90. The zero-order valence-corrected chi connectivity index (χ0v) is 10.4. The van der Waals surface area contributed by atoms with Crippen molar-refractivity contribution in [2.24, 2.45) is 0 Å². The lowest BCUT2D eigenvalue weighted by Gasteiger charge is -2.11. The molecule has 2 aromatic rings. The van der Waals surface area contributed by atoms with Gasteiger partial charge in [-0.1, -0.05) is 13.3 Å². The number of pyridine rings is 2. The first-order valence-electron chi connectivity index (χ1n) is 5.90. The smallest absolute Gasteiger partial charge is 0.274 e. The monoisotopic (exact) mass is 245 g/mol. The van der Waals surface area contributed by atoms with Gasteiger partial charge in [0.05, 0.1) is 0 Å². The number of aryl methyl sites for hydroxylation is 1. The number of hydrogen-bond donors (Lipinski definition) is 1. The van der Waals surface area contributed by atoms with E-state index in [0.29, 0.717) is 17.6 Å². The first-order chi connectivity index (χ1) is 8.63. The number of fused-ring (bicyclic) bond motifs is 1. The van der Waals surface area contributed by atoms with Crippen LogP contribution < -0.4 is 11.0 Å². The number of aromatic nitrogens is 2. The molecule has 0 saturated carbocycles. The molecule has 0 unspecified atom stereocenters. The van der Waals surface area contributed by atoms with E-state index in [-0.39, 0.29) is 11.5 Å². The fraction of sp³-hybridized carbons (Fsp3) is 0.308. The maximum Gasteiger partial charge on any atom is 0.274 e. The summed E-state index contributed by atoms with van der Waals surface area (Å²) in [5.74, 6) is -0.294. The molecule has 1 N–H and O–H groups in total. The second kappa shape index (κ2) is 5.00. The van der Waals surface area contributed by atoms with Crippen molar-refractivity contribution in [2.75, 3.05) is 5.43 Å². The van der Waals surface area contributed by atoms with Gasteiger partial charge in [0.1, 0.15) is 0 Å². The normalized spacial score (nSPS) is 10.6. The first kappa shape index (κ1) is 12.3. The molecule has 0 radical (unpaired) electrons. The summed E-state index contributed by atoms with van der Waals surface area (Å²) in [6.07, 6.45) is 3.16. The molecule has 18 heavy (non-hydrogen) atoms. The minimum Gasteiger partial charge on any atom is -0.274 e. The van der Waals surface area contributed by atoms with Crippen LogP contribution in [0.2, 0.25) is 0 Å². The molecule has 0 saturated heterocycles. The van der Waals surface area contributed by atoms with E-state index in [9.17, 15) is 9.59 Å². The van der Waals surface area contributed by atoms with Crippen LogP contribution in [-0.2, 0) is 11.2 Å². The summed E-state index contributed by atoms with van der Waals surface area (Å²) in [6.45, 7) is 3.38. The molecule has 1 amide bonds. The van der Waals surface area contributed by atoms with Gasteiger partial charge >= 0.3 is 0 Å². The standard InChI is InChI=1S/C13H15N3O2/c1-3-5-11-8-10-6-4-7-14-12(10)16(13(11)18)15-9(2)17/h4,6-8H,3,5H2,1-2H3,(H,15,17). The maximum atomic E-state index is 12.2. The van der Waals surface area contributed by atoms with Gasteiger partial charge in [0.2, 0.25) is 5.91 Å². The lowest BCUT2D eigenvalue weighted by Crippen LogP contribution is -2.34. The van der Waals surface area contributed by atoms with Gasteiger partial charge in [0.25, 0.3) is 5.56 Å². The van der Waals surface area contributed by atoms with Crippen LogP contribution in [0.3, 0.4) is 0 Å². The lowest BCUT2D eigenvalue weighted by molar-refractivity contribution is -0.115. The summed E-state index contributed by atoms with van der Waals surface area (Å²) in [7, 11) is 0. The van der Waals surface area contributed by atoms with Gasteiger partial charge < -0.3 is 0 Å². The third-order valence-corrected chi connectivity index (χ3v) is 2.62. The molecule has 2 aromatic heterocycles. The average Bonchev–Trinajstić information content (AvgIpc) is 2.34. The predicted molar refractivity (Wildman–Crippen MR) is 70.0 cm³/mol. The minimum atomic E-state index is -0.294. The molecule has 0 aliphatic carbocycles. The highest BCUT2D eigenvalue weighted by Crippen LogP contribution is 2.10. The third-order valence-electron chi connectivity index (χ3n) is 2.62. The van der Waals surface area contributed by atoms with E-state index in [2.05, 4.69) is 10.4 Å². The van der Waals surface area contributed by atoms with Crippen LogP contribution in [0.1, 0.15) is 25.8 Å². The van der Waals surface area contributed by atoms with Gasteiger partial charge in [-0.05, 0) is 24.6 Å². The molecule has 0 spiro atoms. The zero-order chi connectivity index (χ0) is 13.1. The number of rotatable bonds is 3. The van der Waals surface area contributed by atoms with E-state index in [4.69, 9.17) is 0 Å². The number of amides is 1. The van der Waals surface area contributed by atoms with Crippen LogP contribution in [0.25, 0.3) is 11.0 Å². The molecule has 5 heteroatoms. The van der Waals surface area contributed by atoms with Gasteiger partial charge in [-0.15, -0.1) is 0 Å². The summed E-state index contributed by atoms with van der Waals surface area (Å²) >= 11 is 0. The van der Waals surface area contributed by atoms with Gasteiger partial charge in [-0.3, -0.25) is 15.0 Å². The molecule has 94 valence electrons. The van der Waals surface area contributed by atoms with Crippen molar-refractivity contribution in [1.82, 2.24) is 9.66 Å². The van der Waals surface area contributed by atoms with Gasteiger partial charge in [-0.25, -0.2) is 4.98 Å². The van der Waals surface area contributed by atoms with Crippen LogP contribution in [0.5, 0.6) is 0 Å². The molecule has 0 atom stereocenters. The Morgan fingerprint density at radius 3 is 2.94 bits per heavy atom. The van der Waals surface area contributed by atoms with Crippen molar-refractivity contribution >= 4 is 16.9 Å². The predicted octanol–water partition coefficient (Wildman–Crippen LogP) is 1.44. The number of hydrogen-bond acceptors (Lipinski definition) is 3. The summed E-state index contributed by atoms with van der Waals surface area (Å²) < 4.78 is 1.22. The second-order valence-electron chi connectivity index (χ2n) is 4.14. The average molecular weight is 245 g/mol. The lowest BCUT2D eigenvalue weighted by atomic mass is 10.1. The molecule has 2 heterocycles. The third kappa shape index (κ3) is 2.25. The van der Waals surface area contributed by atoms with Crippen LogP contribution in [0.15, 0.2) is 29.2 Å². The van der Waals surface area contributed by atoms with E-state index in [0.717, 1.165) is 11.8 Å². The van der Waals surface area contributed by atoms with E-state index in [1.165, 1.54) is 11.6 Å². The molecule has 0 aliphatic rings. The summed E-state index contributed by atoms with van der Waals surface area (Å²) in [6, 6.07) is 5.52. The molecule has 0 aromatic carbocycles. The summed E-state index contributed by atoms with van der Waals surface area (Å²) in [5.41, 5.74) is 3.46. The molecule has 5 nitrogen and oxygen atoms in total. The van der Waals surface area contributed by atoms with Gasteiger partial charge in [0, 0.05) is 24.1 Å². The Balaban J connectivity index is 2.73. The highest BCUT2D eigenvalue weighted by Gasteiger charge is 2.10. The van der Waals surface area contributed by atoms with Crippen molar-refractivity contribution in [3.8, 4) is 0 Å². The van der Waals surface area contributed by atoms with Crippen LogP contribution >= 0.6 is 0 Å². The Hall–Kier alpha value is -2.17. The fourth-order valence-electron chi connectivity index (χ4n) is 1.91. The van der Waals surface area contributed by atoms with Crippen molar-refractivity contribution in [3.63, 3.8) is 0 Å². The highest BCUT2D eigenvalue weighted by molar-refractivity contribution is 5.84. The minimum absolute atomic E-state index is 0.210. The second-order valence-corrected chi connectivity index (χ2v) is 4.14. The highest BCUT2D eigenvalue weighted by atomic mass is 16.2. The summed E-state index contributed by atoms with van der Waals surface area (Å²) in [4.78, 5) is 27.5. The Kier molecular flexibility index (Phi) is 3.41. The molecule has 0 bridgehead atoms. The molecular formula is C13H15N3O2. The zero-order valence-electron chi connectivity index (χ0n) is 10.4. The Morgan fingerprint density at radius 2 is 2.28 bits per heavy atom. The van der Waals surface area contributed by atoms with E-state index in [1.54, 1.807) is 12.3 Å². The van der Waals surface area contributed by atoms with Crippen LogP contribution in [0, 0.1) is 0 Å². The largest absolute Gasteiger partial charge is 0.274 e. The SMILES string of the molecule is CCCc1cc2cccnc2n(NC(C)=O)c1=O. The van der Waals surface area contributed by atoms with Crippen LogP contribution in [0.4, 0.5) is 0 Å². The molecule has 0 aliphatic heterocycles. The maximum absolute atomic E-state index is 12.2. The Bertz CT molecular complexity index is 646. The fourth-order valence-corrected chi connectivity index (χ4v) is 1.91. The van der Waals surface area contributed by atoms with E-state index < -0.39 is 0 Å². The van der Waals surface area contributed by atoms with E-state index >= 15 is 0 Å². The molecular weight excluding hydrogens is 230 g/mol. The van der Waals surface area contributed by atoms with Crippen molar-refractivity contribution in [1.29, 1.82) is 0 Å².